The van der Waals surface area contributed by atoms with E-state index in [1.54, 1.807) is 6.07 Å². The van der Waals surface area contributed by atoms with Gasteiger partial charge in [0, 0.05) is 4.90 Å². The molecule has 0 aliphatic heterocycles. The first kappa shape index (κ1) is 10.4. The Bertz CT molecular complexity index is 325. The molecule has 1 aromatic carbocycles. The molecule has 0 radical (unpaired) electrons. The summed E-state index contributed by atoms with van der Waals surface area (Å²) in [4.78, 5) is 11.9. The predicted molar refractivity (Wildman–Crippen MR) is 54.2 cm³/mol. The van der Waals surface area contributed by atoms with Gasteiger partial charge in [0.05, 0.1) is 12.7 Å². The van der Waals surface area contributed by atoms with E-state index in [1.165, 1.54) is 7.11 Å². The molecule has 0 N–H and O–H groups in total. The minimum Gasteiger partial charge on any atom is -0.465 e. The Labute approximate surface area is 85.7 Å². The van der Waals surface area contributed by atoms with E-state index < -0.39 is 0 Å². The first-order valence-electron chi connectivity index (χ1n) is 3.66. The summed E-state index contributed by atoms with van der Waals surface area (Å²) in [5.74, 6) is -0.358. The van der Waals surface area contributed by atoms with Crippen molar-refractivity contribution in [1.29, 1.82) is 0 Å². The van der Waals surface area contributed by atoms with Gasteiger partial charge in [0.2, 0.25) is 0 Å². The molecule has 0 fully saturated rings. The molecule has 0 aliphatic carbocycles. The fraction of sp³-hybridized carbons (Fsp3) is 0.222. The fourth-order valence-electron chi connectivity index (χ4n) is 0.972. The lowest BCUT2D eigenvalue weighted by atomic mass is 10.1. The first-order valence-corrected chi connectivity index (χ1v) is 5.31. The molecule has 0 saturated heterocycles. The second-order valence-corrected chi connectivity index (χ2v) is 3.63. The highest BCUT2D eigenvalue weighted by molar-refractivity contribution is 8.21. The normalized spacial score (nSPS) is 9.77. The van der Waals surface area contributed by atoms with Crippen LogP contribution in [0.1, 0.15) is 15.9 Å². The lowest BCUT2D eigenvalue weighted by Gasteiger charge is -2.04. The average Bonchev–Trinajstić information content (AvgIpc) is 2.16. The van der Waals surface area contributed by atoms with Crippen molar-refractivity contribution in [2.45, 2.75) is 11.8 Å². The van der Waals surface area contributed by atoms with E-state index in [1.807, 2.05) is 19.1 Å². The molecular formula is C9H9ClO2S. The van der Waals surface area contributed by atoms with Gasteiger partial charge in [-0.3, -0.25) is 0 Å². The second kappa shape index (κ2) is 4.53. The van der Waals surface area contributed by atoms with Gasteiger partial charge in [-0.15, -0.1) is 0 Å². The molecule has 1 rings (SSSR count). The van der Waals surface area contributed by atoms with Crippen LogP contribution in [0, 0.1) is 6.92 Å². The lowest BCUT2D eigenvalue weighted by molar-refractivity contribution is 0.0597. The summed E-state index contributed by atoms with van der Waals surface area (Å²) in [7, 11) is 7.99. The molecule has 0 bridgehead atoms. The summed E-state index contributed by atoms with van der Waals surface area (Å²) >= 11 is 0. The van der Waals surface area contributed by atoms with Crippen LogP contribution in [0.5, 0.6) is 0 Å². The minimum absolute atomic E-state index is 0.358. The van der Waals surface area contributed by atoms with Crippen molar-refractivity contribution in [2.75, 3.05) is 7.11 Å². The number of hydrogen-bond donors (Lipinski definition) is 0. The van der Waals surface area contributed by atoms with Crippen molar-refractivity contribution in [3.8, 4) is 0 Å². The number of aryl methyl sites for hydroxylation is 1. The maximum atomic E-state index is 11.2. The van der Waals surface area contributed by atoms with Gasteiger partial charge in [-0.05, 0) is 46.3 Å². The fourth-order valence-corrected chi connectivity index (χ4v) is 1.82. The number of rotatable bonds is 2. The summed E-state index contributed by atoms with van der Waals surface area (Å²) in [6, 6.07) is 5.42. The first-order chi connectivity index (χ1) is 6.19. The molecule has 70 valence electrons. The molecule has 0 atom stereocenters. The number of carbonyl (C=O) groups is 1. The zero-order valence-corrected chi connectivity index (χ0v) is 8.91. The number of halogens is 1. The van der Waals surface area contributed by atoms with E-state index in [0.29, 0.717) is 5.56 Å². The van der Waals surface area contributed by atoms with Crippen LogP contribution in [0.4, 0.5) is 0 Å². The van der Waals surface area contributed by atoms with Crippen LogP contribution >= 0.6 is 21.7 Å². The molecule has 0 amide bonds. The van der Waals surface area contributed by atoms with Crippen molar-refractivity contribution in [2.24, 2.45) is 0 Å². The summed E-state index contributed by atoms with van der Waals surface area (Å²) in [5.41, 5.74) is 1.57. The van der Waals surface area contributed by atoms with Gasteiger partial charge >= 0.3 is 5.97 Å². The summed E-state index contributed by atoms with van der Waals surface area (Å²) in [6.07, 6.45) is 0. The van der Waals surface area contributed by atoms with Gasteiger partial charge in [0.25, 0.3) is 0 Å². The Hall–Kier alpha value is -0.670. The van der Waals surface area contributed by atoms with E-state index in [-0.39, 0.29) is 5.97 Å². The quantitative estimate of drug-likeness (QED) is 0.711. The molecule has 0 spiro atoms. The van der Waals surface area contributed by atoms with Crippen LogP contribution in [0.3, 0.4) is 0 Å². The molecule has 0 aliphatic rings. The van der Waals surface area contributed by atoms with Crippen LogP contribution in [0.15, 0.2) is 23.1 Å². The summed E-state index contributed by atoms with van der Waals surface area (Å²) < 4.78 is 4.61. The zero-order chi connectivity index (χ0) is 9.84. The van der Waals surface area contributed by atoms with E-state index in [4.69, 9.17) is 10.7 Å². The maximum absolute atomic E-state index is 11.2. The largest absolute Gasteiger partial charge is 0.465 e. The van der Waals surface area contributed by atoms with Crippen LogP contribution in [0.25, 0.3) is 0 Å². The van der Waals surface area contributed by atoms with Gasteiger partial charge in [0.1, 0.15) is 0 Å². The molecule has 0 heterocycles. The predicted octanol–water partition coefficient (Wildman–Crippen LogP) is 3.03. The Kier molecular flexibility index (Phi) is 3.63. The Balaban J connectivity index is 3.13. The lowest BCUT2D eigenvalue weighted by Crippen LogP contribution is -2.02. The molecule has 4 heteroatoms. The smallest absolute Gasteiger partial charge is 0.339 e. The molecule has 0 saturated carbocycles. The van der Waals surface area contributed by atoms with E-state index >= 15 is 0 Å². The molecule has 0 aromatic heterocycles. The van der Waals surface area contributed by atoms with Crippen molar-refractivity contribution in [3.05, 3.63) is 29.3 Å². The highest BCUT2D eigenvalue weighted by atomic mass is 35.7. The number of ether oxygens (including phenoxy) is 1. The van der Waals surface area contributed by atoms with Gasteiger partial charge in [-0.2, -0.15) is 0 Å². The second-order valence-electron chi connectivity index (χ2n) is 2.57. The zero-order valence-electron chi connectivity index (χ0n) is 7.33. The standard InChI is InChI=1S/C9H9ClO2S/c1-6-3-4-7(9(11)12-2)8(5-6)13-10/h3-5H,1-2H3. The Morgan fingerprint density at radius 1 is 1.54 bits per heavy atom. The van der Waals surface area contributed by atoms with Crippen LogP contribution in [0.2, 0.25) is 0 Å². The van der Waals surface area contributed by atoms with Crippen LogP contribution in [-0.4, -0.2) is 13.1 Å². The molecule has 1 aromatic rings. The number of hydrogen-bond acceptors (Lipinski definition) is 3. The van der Waals surface area contributed by atoms with Crippen LogP contribution in [-0.2, 0) is 4.74 Å². The number of carbonyl (C=O) groups excluding carboxylic acids is 1. The van der Waals surface area contributed by atoms with Crippen molar-refractivity contribution in [1.82, 2.24) is 0 Å². The highest BCUT2D eigenvalue weighted by Crippen LogP contribution is 2.27. The highest BCUT2D eigenvalue weighted by Gasteiger charge is 2.11. The number of esters is 1. The van der Waals surface area contributed by atoms with Crippen molar-refractivity contribution >= 4 is 27.6 Å². The van der Waals surface area contributed by atoms with E-state index in [2.05, 4.69) is 4.74 Å². The molecular weight excluding hydrogens is 208 g/mol. The third-order valence-corrected chi connectivity index (χ3v) is 2.63. The number of benzene rings is 1. The SMILES string of the molecule is COC(=O)c1ccc(C)cc1SCl. The van der Waals surface area contributed by atoms with Crippen LogP contribution < -0.4 is 0 Å². The number of methoxy groups -OCH3 is 1. The Morgan fingerprint density at radius 2 is 2.23 bits per heavy atom. The van der Waals surface area contributed by atoms with Crippen molar-refractivity contribution in [3.63, 3.8) is 0 Å². The molecule has 0 unspecified atom stereocenters. The maximum Gasteiger partial charge on any atom is 0.339 e. The Morgan fingerprint density at radius 3 is 2.77 bits per heavy atom. The minimum atomic E-state index is -0.358. The van der Waals surface area contributed by atoms with Gasteiger partial charge in [-0.1, -0.05) is 6.07 Å². The van der Waals surface area contributed by atoms with E-state index in [9.17, 15) is 4.79 Å². The third kappa shape index (κ3) is 2.39. The van der Waals surface area contributed by atoms with E-state index in [0.717, 1.165) is 21.4 Å². The molecule has 2 nitrogen and oxygen atoms in total. The van der Waals surface area contributed by atoms with Gasteiger partial charge in [-0.25, -0.2) is 4.79 Å². The monoisotopic (exact) mass is 216 g/mol. The average molecular weight is 217 g/mol. The molecule has 13 heavy (non-hydrogen) atoms. The van der Waals surface area contributed by atoms with Gasteiger partial charge < -0.3 is 4.74 Å². The topological polar surface area (TPSA) is 26.3 Å². The summed E-state index contributed by atoms with van der Waals surface area (Å²) in [5, 5.41) is 0. The summed E-state index contributed by atoms with van der Waals surface area (Å²) in [6.45, 7) is 1.94. The van der Waals surface area contributed by atoms with Crippen molar-refractivity contribution < 1.29 is 9.53 Å². The van der Waals surface area contributed by atoms with Gasteiger partial charge in [0.15, 0.2) is 0 Å². The third-order valence-electron chi connectivity index (χ3n) is 1.63.